The SMILES string of the molecule is CCOS(=O)(=O)C[c-]1cccc1.[Fe].[cH-]1[cH-][cH-][cH-][cH-]1. The van der Waals surface area contributed by atoms with Crippen LogP contribution >= 0.6 is 0 Å². The van der Waals surface area contributed by atoms with E-state index in [0.717, 1.165) is 5.56 Å². The van der Waals surface area contributed by atoms with E-state index in [-0.39, 0.29) is 29.4 Å². The van der Waals surface area contributed by atoms with Crippen molar-refractivity contribution in [3.05, 3.63) is 60.2 Å². The molecule has 0 saturated carbocycles. The molecule has 2 aromatic carbocycles. The van der Waals surface area contributed by atoms with Crippen LogP contribution < -0.4 is 0 Å². The van der Waals surface area contributed by atoms with Crippen molar-refractivity contribution in [3.8, 4) is 0 Å². The van der Waals surface area contributed by atoms with Gasteiger partial charge in [-0.05, 0) is 6.92 Å². The van der Waals surface area contributed by atoms with Crippen LogP contribution in [0.1, 0.15) is 12.5 Å². The second-order valence-corrected chi connectivity index (χ2v) is 5.00. The van der Waals surface area contributed by atoms with E-state index in [9.17, 15) is 8.42 Å². The number of hydrogen-bond donors (Lipinski definition) is 0. The van der Waals surface area contributed by atoms with Gasteiger partial charge in [0.05, 0.1) is 12.4 Å². The third-order valence-electron chi connectivity index (χ3n) is 1.93. The summed E-state index contributed by atoms with van der Waals surface area (Å²) in [5, 5.41) is 0. The molecular weight excluding hydrogens is 292 g/mol. The monoisotopic (exact) mass is 308 g/mol. The Morgan fingerprint density at radius 2 is 1.50 bits per heavy atom. The Bertz CT molecular complexity index is 455. The maximum Gasteiger partial charge on any atom is 0.260 e. The van der Waals surface area contributed by atoms with Gasteiger partial charge in [-0.3, -0.25) is 4.18 Å². The van der Waals surface area contributed by atoms with Gasteiger partial charge in [0.15, 0.2) is 0 Å². The Kier molecular flexibility index (Phi) is 8.67. The Morgan fingerprint density at radius 1 is 1.06 bits per heavy atom. The molecule has 0 unspecified atom stereocenters. The van der Waals surface area contributed by atoms with E-state index >= 15 is 0 Å². The Balaban J connectivity index is 0.000000405. The molecule has 0 spiro atoms. The standard InChI is InChI=1S/C8H11O3S.C5H5.Fe/c1-2-11-12(9,10)7-8-5-3-4-6-8;1-2-4-5-3-1;/h3-6H,2,7H2,1H3;1-5H;/q-1;-5;. The predicted molar refractivity (Wildman–Crippen MR) is 68.3 cm³/mol. The zero-order valence-electron chi connectivity index (χ0n) is 10.1. The molecule has 0 aliphatic carbocycles. The first-order valence-electron chi connectivity index (χ1n) is 5.38. The molecule has 0 aromatic heterocycles. The molecule has 3 nitrogen and oxygen atoms in total. The summed E-state index contributed by atoms with van der Waals surface area (Å²) in [4.78, 5) is 0. The topological polar surface area (TPSA) is 43.4 Å². The molecule has 2 rings (SSSR count). The third kappa shape index (κ3) is 7.45. The van der Waals surface area contributed by atoms with E-state index in [0.29, 0.717) is 0 Å². The van der Waals surface area contributed by atoms with Crippen molar-refractivity contribution in [1.29, 1.82) is 0 Å². The second kappa shape index (κ2) is 9.11. The largest absolute Gasteiger partial charge is 0.748 e. The van der Waals surface area contributed by atoms with Gasteiger partial charge in [0, 0.05) is 17.1 Å². The van der Waals surface area contributed by atoms with E-state index in [1.54, 1.807) is 31.2 Å². The van der Waals surface area contributed by atoms with Gasteiger partial charge in [-0.15, -0.1) is 5.56 Å². The fraction of sp³-hybridized carbons (Fsp3) is 0.231. The molecule has 0 N–H and O–H groups in total. The minimum Gasteiger partial charge on any atom is -0.748 e. The van der Waals surface area contributed by atoms with Crippen LogP contribution in [0, 0.1) is 0 Å². The van der Waals surface area contributed by atoms with Crippen molar-refractivity contribution >= 4 is 10.1 Å². The van der Waals surface area contributed by atoms with Crippen LogP contribution in [-0.4, -0.2) is 15.0 Å². The average Bonchev–Trinajstić information content (AvgIpc) is 2.90. The van der Waals surface area contributed by atoms with Crippen LogP contribution in [0.3, 0.4) is 0 Å². The fourth-order valence-electron chi connectivity index (χ4n) is 1.26. The fourth-order valence-corrected chi connectivity index (χ4v) is 2.30. The molecule has 0 fully saturated rings. The summed E-state index contributed by atoms with van der Waals surface area (Å²) in [6, 6.07) is 17.1. The number of hydrogen-bond acceptors (Lipinski definition) is 3. The summed E-state index contributed by atoms with van der Waals surface area (Å²) >= 11 is 0. The van der Waals surface area contributed by atoms with Crippen LogP contribution in [0.15, 0.2) is 54.6 Å². The second-order valence-electron chi connectivity index (χ2n) is 3.36. The zero-order chi connectivity index (χ0) is 12.6. The molecule has 0 saturated heterocycles. The van der Waals surface area contributed by atoms with Crippen LogP contribution in [-0.2, 0) is 37.1 Å². The molecular formula is C13H16FeO3S-6. The van der Waals surface area contributed by atoms with Gasteiger partial charge in [-0.1, -0.05) is 0 Å². The molecule has 2 aromatic rings. The first-order valence-corrected chi connectivity index (χ1v) is 6.96. The molecule has 106 valence electrons. The van der Waals surface area contributed by atoms with Gasteiger partial charge in [-0.25, -0.2) is 20.6 Å². The maximum atomic E-state index is 11.1. The third-order valence-corrected chi connectivity index (χ3v) is 3.21. The van der Waals surface area contributed by atoms with Crippen LogP contribution in [0.2, 0.25) is 0 Å². The first-order chi connectivity index (χ1) is 8.14. The normalized spacial score (nSPS) is 10.1. The molecule has 18 heavy (non-hydrogen) atoms. The van der Waals surface area contributed by atoms with Crippen molar-refractivity contribution in [2.75, 3.05) is 6.61 Å². The summed E-state index contributed by atoms with van der Waals surface area (Å²) < 4.78 is 26.7. The predicted octanol–water partition coefficient (Wildman–Crippen LogP) is 2.67. The van der Waals surface area contributed by atoms with Crippen LogP contribution in [0.25, 0.3) is 0 Å². The van der Waals surface area contributed by atoms with E-state index in [1.807, 2.05) is 30.3 Å². The quantitative estimate of drug-likeness (QED) is 0.495. The molecule has 0 amide bonds. The Labute approximate surface area is 119 Å². The van der Waals surface area contributed by atoms with Crippen LogP contribution in [0.5, 0.6) is 0 Å². The van der Waals surface area contributed by atoms with Crippen molar-refractivity contribution in [3.63, 3.8) is 0 Å². The summed E-state index contributed by atoms with van der Waals surface area (Å²) in [6.07, 6.45) is 0. The van der Waals surface area contributed by atoms with E-state index in [4.69, 9.17) is 0 Å². The van der Waals surface area contributed by atoms with Gasteiger partial charge in [0.25, 0.3) is 10.1 Å². The minimum atomic E-state index is -3.35. The van der Waals surface area contributed by atoms with Gasteiger partial charge < -0.3 is 30.3 Å². The molecule has 0 aliphatic rings. The van der Waals surface area contributed by atoms with Crippen molar-refractivity contribution < 1.29 is 29.7 Å². The van der Waals surface area contributed by atoms with Crippen molar-refractivity contribution in [2.24, 2.45) is 0 Å². The van der Waals surface area contributed by atoms with Crippen molar-refractivity contribution in [2.45, 2.75) is 12.7 Å². The summed E-state index contributed by atoms with van der Waals surface area (Å²) in [5.41, 5.74) is 0.767. The van der Waals surface area contributed by atoms with E-state index in [1.165, 1.54) is 0 Å². The number of rotatable bonds is 4. The molecule has 0 aliphatic heterocycles. The summed E-state index contributed by atoms with van der Waals surface area (Å²) in [6.45, 7) is 1.85. The van der Waals surface area contributed by atoms with E-state index in [2.05, 4.69) is 4.18 Å². The Hall–Kier alpha value is -0.871. The molecule has 0 atom stereocenters. The molecule has 0 heterocycles. The smallest absolute Gasteiger partial charge is 0.260 e. The van der Waals surface area contributed by atoms with Gasteiger partial charge >= 0.3 is 0 Å². The minimum absolute atomic E-state index is 0. The summed E-state index contributed by atoms with van der Waals surface area (Å²) in [7, 11) is -3.35. The van der Waals surface area contributed by atoms with Gasteiger partial charge in [0.2, 0.25) is 0 Å². The van der Waals surface area contributed by atoms with Gasteiger partial charge in [-0.2, -0.15) is 12.1 Å². The van der Waals surface area contributed by atoms with Crippen LogP contribution in [0.4, 0.5) is 0 Å². The molecule has 0 radical (unpaired) electrons. The molecule has 0 bridgehead atoms. The zero-order valence-corrected chi connectivity index (χ0v) is 12.0. The van der Waals surface area contributed by atoms with Crippen molar-refractivity contribution in [1.82, 2.24) is 0 Å². The van der Waals surface area contributed by atoms with E-state index < -0.39 is 10.1 Å². The Morgan fingerprint density at radius 3 is 1.89 bits per heavy atom. The maximum absolute atomic E-state index is 11.1. The molecule has 5 heteroatoms. The van der Waals surface area contributed by atoms with Gasteiger partial charge in [0.1, 0.15) is 0 Å². The first kappa shape index (κ1) is 17.1. The average molecular weight is 308 g/mol. The summed E-state index contributed by atoms with van der Waals surface area (Å²) in [5.74, 6) is -0.0339.